The molecule has 36 heavy (non-hydrogen) atoms. The molecule has 184 valence electrons. The molecule has 0 saturated carbocycles. The first-order valence-electron chi connectivity index (χ1n) is 11.1. The van der Waals surface area contributed by atoms with Crippen LogP contribution in [0, 0.1) is 19.7 Å². The van der Waals surface area contributed by atoms with Crippen LogP contribution in [0.1, 0.15) is 17.0 Å². The number of nitrogens with zero attached hydrogens (tertiary/aromatic N) is 3. The largest absolute Gasteiger partial charge is 0.346 e. The van der Waals surface area contributed by atoms with Crippen LogP contribution >= 0.6 is 0 Å². The molecule has 0 fully saturated rings. The van der Waals surface area contributed by atoms with Gasteiger partial charge in [0.05, 0.1) is 18.5 Å². The fourth-order valence-corrected chi connectivity index (χ4v) is 4.89. The second-order valence-corrected chi connectivity index (χ2v) is 10.4. The van der Waals surface area contributed by atoms with Gasteiger partial charge in [-0.15, -0.1) is 0 Å². The van der Waals surface area contributed by atoms with Gasteiger partial charge in [-0.2, -0.15) is 5.10 Å². The lowest BCUT2D eigenvalue weighted by atomic mass is 10.0. The first-order valence-corrected chi connectivity index (χ1v) is 12.9. The molecule has 0 atom stereocenters. The van der Waals surface area contributed by atoms with E-state index in [1.807, 2.05) is 36.9 Å². The highest BCUT2D eigenvalue weighted by atomic mass is 32.2. The van der Waals surface area contributed by atoms with Crippen LogP contribution in [0.5, 0.6) is 0 Å². The molecular formula is C25H23FN6O3S. The van der Waals surface area contributed by atoms with E-state index in [2.05, 4.69) is 24.8 Å². The van der Waals surface area contributed by atoms with Crippen molar-refractivity contribution in [3.05, 3.63) is 88.1 Å². The molecule has 0 aliphatic carbocycles. The number of halogens is 1. The molecule has 4 heterocycles. The molecule has 1 aromatic carbocycles. The van der Waals surface area contributed by atoms with E-state index < -0.39 is 15.6 Å². The van der Waals surface area contributed by atoms with Crippen molar-refractivity contribution in [1.29, 1.82) is 0 Å². The number of nitrogens with one attached hydrogen (secondary N) is 3. The van der Waals surface area contributed by atoms with Crippen LogP contribution in [0.3, 0.4) is 0 Å². The molecule has 3 N–H and O–H groups in total. The normalized spacial score (nSPS) is 11.8. The number of hydrogen-bond donors (Lipinski definition) is 3. The van der Waals surface area contributed by atoms with E-state index in [1.54, 1.807) is 12.3 Å². The fourth-order valence-electron chi connectivity index (χ4n) is 4.34. The number of aryl methyl sites for hydroxylation is 1. The Morgan fingerprint density at radius 3 is 2.64 bits per heavy atom. The molecule has 0 aliphatic heterocycles. The molecule has 4 aromatic heterocycles. The van der Waals surface area contributed by atoms with E-state index in [0.717, 1.165) is 39.7 Å². The lowest BCUT2D eigenvalue weighted by Crippen LogP contribution is -2.18. The van der Waals surface area contributed by atoms with Crippen molar-refractivity contribution in [3.63, 3.8) is 0 Å². The second-order valence-electron chi connectivity index (χ2n) is 8.66. The van der Waals surface area contributed by atoms with Crippen molar-refractivity contribution in [1.82, 2.24) is 24.7 Å². The van der Waals surface area contributed by atoms with Crippen molar-refractivity contribution < 1.29 is 12.8 Å². The van der Waals surface area contributed by atoms with Gasteiger partial charge >= 0.3 is 0 Å². The van der Waals surface area contributed by atoms with Gasteiger partial charge in [0, 0.05) is 51.9 Å². The SMILES string of the molecule is Cc1nn(Cc2cccc(F)c2)c(C)c1-c1c[nH]c2ncc(-c3c[nH]c(=O)c(NS(C)(=O)=O)c3)cc12. The highest BCUT2D eigenvalue weighted by Gasteiger charge is 2.18. The topological polar surface area (TPSA) is 126 Å². The van der Waals surface area contributed by atoms with E-state index in [4.69, 9.17) is 0 Å². The Bertz CT molecular complexity index is 1790. The number of aromatic nitrogens is 5. The Kier molecular flexibility index (Phi) is 5.71. The lowest BCUT2D eigenvalue weighted by molar-refractivity contribution is 0.606. The number of benzene rings is 1. The Balaban J connectivity index is 1.57. The number of aromatic amines is 2. The summed E-state index contributed by atoms with van der Waals surface area (Å²) in [5.41, 5.74) is 5.74. The van der Waals surface area contributed by atoms with E-state index in [9.17, 15) is 17.6 Å². The molecule has 5 rings (SSSR count). The number of sulfonamides is 1. The van der Waals surface area contributed by atoms with Crippen LogP contribution in [0.15, 0.2) is 59.8 Å². The predicted octanol–water partition coefficient (Wildman–Crippen LogP) is 3.96. The van der Waals surface area contributed by atoms with Gasteiger partial charge in [-0.25, -0.2) is 17.8 Å². The minimum absolute atomic E-state index is 0.0743. The molecule has 5 aromatic rings. The summed E-state index contributed by atoms with van der Waals surface area (Å²) in [7, 11) is -3.62. The molecule has 0 unspecified atom stereocenters. The number of hydrogen-bond acceptors (Lipinski definition) is 5. The minimum atomic E-state index is -3.62. The highest BCUT2D eigenvalue weighted by molar-refractivity contribution is 7.92. The predicted molar refractivity (Wildman–Crippen MR) is 137 cm³/mol. The van der Waals surface area contributed by atoms with Gasteiger partial charge in [-0.3, -0.25) is 14.2 Å². The summed E-state index contributed by atoms with van der Waals surface area (Å²) in [6.07, 6.45) is 6.01. The van der Waals surface area contributed by atoms with Gasteiger partial charge in [0.15, 0.2) is 0 Å². The average molecular weight is 507 g/mol. The summed E-state index contributed by atoms with van der Waals surface area (Å²) in [6, 6.07) is 9.84. The number of fused-ring (bicyclic) bond motifs is 1. The maximum atomic E-state index is 13.7. The van der Waals surface area contributed by atoms with Crippen LogP contribution in [0.4, 0.5) is 10.1 Å². The zero-order valence-electron chi connectivity index (χ0n) is 19.8. The second kappa shape index (κ2) is 8.76. The Labute approximate surface area is 206 Å². The molecule has 11 heteroatoms. The quantitative estimate of drug-likeness (QED) is 0.321. The van der Waals surface area contributed by atoms with Crippen LogP contribution in [-0.2, 0) is 16.6 Å². The third kappa shape index (κ3) is 4.52. The molecule has 0 radical (unpaired) electrons. The van der Waals surface area contributed by atoms with Crippen molar-refractivity contribution in [2.24, 2.45) is 0 Å². The van der Waals surface area contributed by atoms with Gasteiger partial charge in [-0.05, 0) is 43.7 Å². The molecule has 0 amide bonds. The van der Waals surface area contributed by atoms with Gasteiger partial charge in [0.25, 0.3) is 5.56 Å². The van der Waals surface area contributed by atoms with Gasteiger partial charge < -0.3 is 9.97 Å². The third-order valence-electron chi connectivity index (χ3n) is 5.94. The number of H-pyrrole nitrogens is 2. The summed E-state index contributed by atoms with van der Waals surface area (Å²) in [5.74, 6) is -0.290. The molecule has 0 saturated heterocycles. The van der Waals surface area contributed by atoms with E-state index in [-0.39, 0.29) is 11.5 Å². The maximum absolute atomic E-state index is 13.7. The summed E-state index contributed by atoms with van der Waals surface area (Å²) < 4.78 is 41.0. The summed E-state index contributed by atoms with van der Waals surface area (Å²) in [6.45, 7) is 4.32. The van der Waals surface area contributed by atoms with Crippen LogP contribution < -0.4 is 10.3 Å². The molecule has 9 nitrogen and oxygen atoms in total. The molecule has 0 aliphatic rings. The lowest BCUT2D eigenvalue weighted by Gasteiger charge is -2.08. The van der Waals surface area contributed by atoms with Gasteiger partial charge in [0.1, 0.15) is 17.2 Å². The smallest absolute Gasteiger partial charge is 0.272 e. The Morgan fingerprint density at radius 1 is 1.08 bits per heavy atom. The number of anilines is 1. The van der Waals surface area contributed by atoms with E-state index in [0.29, 0.717) is 23.3 Å². The monoisotopic (exact) mass is 506 g/mol. The van der Waals surface area contributed by atoms with Gasteiger partial charge in [-0.1, -0.05) is 12.1 Å². The average Bonchev–Trinajstić information content (AvgIpc) is 3.33. The van der Waals surface area contributed by atoms with E-state index in [1.165, 1.54) is 24.4 Å². The first-order chi connectivity index (χ1) is 17.1. The number of rotatable bonds is 6. The molecule has 0 bridgehead atoms. The maximum Gasteiger partial charge on any atom is 0.272 e. The molecular weight excluding hydrogens is 483 g/mol. The summed E-state index contributed by atoms with van der Waals surface area (Å²) >= 11 is 0. The van der Waals surface area contributed by atoms with Gasteiger partial charge in [0.2, 0.25) is 10.0 Å². The third-order valence-corrected chi connectivity index (χ3v) is 6.53. The van der Waals surface area contributed by atoms with Crippen molar-refractivity contribution in [2.45, 2.75) is 20.4 Å². The van der Waals surface area contributed by atoms with Crippen molar-refractivity contribution >= 4 is 26.7 Å². The van der Waals surface area contributed by atoms with Crippen LogP contribution in [0.2, 0.25) is 0 Å². The fraction of sp³-hybridized carbons (Fsp3) is 0.160. The van der Waals surface area contributed by atoms with Crippen LogP contribution in [-0.4, -0.2) is 39.4 Å². The zero-order chi connectivity index (χ0) is 25.6. The zero-order valence-corrected chi connectivity index (χ0v) is 20.6. The summed E-state index contributed by atoms with van der Waals surface area (Å²) in [5, 5.41) is 5.53. The van der Waals surface area contributed by atoms with Crippen LogP contribution in [0.25, 0.3) is 33.3 Å². The van der Waals surface area contributed by atoms with Crippen molar-refractivity contribution in [3.8, 4) is 22.3 Å². The van der Waals surface area contributed by atoms with E-state index >= 15 is 0 Å². The Morgan fingerprint density at radius 2 is 1.89 bits per heavy atom. The molecule has 0 spiro atoms. The minimum Gasteiger partial charge on any atom is -0.346 e. The number of pyridine rings is 2. The first kappa shape index (κ1) is 23.5. The highest BCUT2D eigenvalue weighted by Crippen LogP contribution is 2.35. The van der Waals surface area contributed by atoms with Crippen molar-refractivity contribution in [2.75, 3.05) is 11.0 Å². The Hall–Kier alpha value is -4.25. The summed E-state index contributed by atoms with van der Waals surface area (Å²) in [4.78, 5) is 22.4. The standard InChI is InChI=1S/C25H23FN6O3S/c1-14-23(15(2)32(30-14)13-16-5-4-6-19(26)7-16)21-12-28-24-20(21)8-17(10-27-24)18-9-22(25(33)29-11-18)31-36(3,34)35/h4-12,31H,13H2,1-3H3,(H,27,28)(H,29,33).